The number of carboxylic acids is 1. The number of aliphatic hydroxyl groups excluding tert-OH is 4. The van der Waals surface area contributed by atoms with Gasteiger partial charge in [-0.2, -0.15) is 11.8 Å². The summed E-state index contributed by atoms with van der Waals surface area (Å²) in [7, 11) is 5.81. The maximum Gasteiger partial charge on any atom is 1.00 e. The zero-order valence-corrected chi connectivity index (χ0v) is 38.9. The monoisotopic (exact) mass is 836 g/mol. The number of hydrogen-bond acceptors (Lipinski definition) is 13. The second kappa shape index (κ2) is 57.2. The number of amides is 4. The van der Waals surface area contributed by atoms with Gasteiger partial charge >= 0.3 is 35.5 Å². The van der Waals surface area contributed by atoms with E-state index in [2.05, 4.69) is 41.9 Å². The van der Waals surface area contributed by atoms with Crippen molar-refractivity contribution < 1.29 is 93.4 Å². The Morgan fingerprint density at radius 3 is 1.66 bits per heavy atom. The normalized spacial score (nSPS) is 14.6. The standard InChI is InChI=1S/C11H21N3O3.C8H16O2S.C6H10BNO3.C5H10O3.2C2H6.CH4O.CHO.Na/c1-8(2)9(3)14-10(16)4-5-13-11(17)6-12-7-15;1-4-6(2)11-7(3)5-8(9)10;7-5(10)1-3-8-6(11)2-4-9;6-4-1-5(7)3-8-2-4;4*1-2;/h7-9H,4-6H2,1-3H3,(H,12,15)(H,13,17)(H,14,16);6-7H,4-5H2,1-3H3,(H,9,10);9H,1-4H2,(H,8,11);4-7H,1-3H2;2*1-2H3;2H,1H3;1H;/q;;;;;;;-1;+1. The van der Waals surface area contributed by atoms with Gasteiger partial charge in [0.15, 0.2) is 7.85 Å². The number of carbonyl (C=O) groups excluding carboxylic acids is 6. The van der Waals surface area contributed by atoms with E-state index in [0.717, 1.165) is 13.5 Å². The van der Waals surface area contributed by atoms with Gasteiger partial charge in [-0.05, 0) is 19.3 Å². The molecule has 0 saturated carbocycles. The SMILES string of the molecule is CC.CC.CC(C)C(C)NC(=O)CCNC(=O)CNC=O.CCC(C)SC(C)CC(=O)O.CO.OC1COCC(O)C1.[B]C(=O)CCNC(=O)CCO.[CH-]=O.[Na+]. The third kappa shape index (κ3) is 66.7. The molecule has 1 fully saturated rings. The number of thioether (sulfide) groups is 1. The smallest absolute Gasteiger partial charge is 0.545 e. The zero-order chi connectivity index (χ0) is 44.8. The summed E-state index contributed by atoms with van der Waals surface area (Å²) in [5, 5.41) is 52.2. The molecular weight excluding hydrogens is 762 g/mol. The average Bonchev–Trinajstić information content (AvgIpc) is 3.14. The average molecular weight is 837 g/mol. The van der Waals surface area contributed by atoms with E-state index in [1.165, 1.54) is 0 Å². The van der Waals surface area contributed by atoms with Crippen molar-refractivity contribution in [2.24, 2.45) is 5.92 Å². The van der Waals surface area contributed by atoms with Crippen LogP contribution in [0.5, 0.6) is 0 Å². The summed E-state index contributed by atoms with van der Waals surface area (Å²) in [5.74, 6) is -0.982. The minimum absolute atomic E-state index is 0. The van der Waals surface area contributed by atoms with E-state index in [1.54, 1.807) is 11.8 Å². The minimum atomic E-state index is -0.701. The van der Waals surface area contributed by atoms with Gasteiger partial charge in [0.25, 0.3) is 0 Å². The Bertz CT molecular complexity index is 909. The van der Waals surface area contributed by atoms with Gasteiger partial charge < -0.3 is 61.1 Å². The van der Waals surface area contributed by atoms with Crippen LogP contribution in [0.3, 0.4) is 0 Å². The van der Waals surface area contributed by atoms with E-state index in [0.29, 0.717) is 37.2 Å². The Kier molecular flexibility index (Phi) is 73.2. The van der Waals surface area contributed by atoms with E-state index in [4.69, 9.17) is 42.9 Å². The molecule has 4 amide bonds. The number of aliphatic hydroxyl groups is 4. The summed E-state index contributed by atoms with van der Waals surface area (Å²) in [4.78, 5) is 71.2. The fraction of sp³-hybridized carbons (Fsp3) is 0.806. The summed E-state index contributed by atoms with van der Waals surface area (Å²) in [5.41, 5.74) is -0.450. The molecule has 1 aliphatic heterocycles. The maximum absolute atomic E-state index is 11.4. The van der Waals surface area contributed by atoms with Crippen LogP contribution in [-0.4, -0.2) is 151 Å². The van der Waals surface area contributed by atoms with Crippen molar-refractivity contribution in [3.8, 4) is 0 Å². The molecule has 0 aromatic carbocycles. The van der Waals surface area contributed by atoms with E-state index >= 15 is 0 Å². The first-order chi connectivity index (χ1) is 26.0. The van der Waals surface area contributed by atoms with Gasteiger partial charge in [0.05, 0.1) is 50.7 Å². The Labute approximate surface area is 364 Å². The fourth-order valence-corrected chi connectivity index (χ4v) is 4.32. The molecule has 2 radical (unpaired) electrons. The minimum Gasteiger partial charge on any atom is -0.545 e. The van der Waals surface area contributed by atoms with Gasteiger partial charge in [-0.3, -0.25) is 30.8 Å². The van der Waals surface area contributed by atoms with Crippen molar-refractivity contribution in [2.75, 3.05) is 46.6 Å². The van der Waals surface area contributed by atoms with Gasteiger partial charge in [0.2, 0.25) is 24.1 Å². The van der Waals surface area contributed by atoms with Gasteiger partial charge in [0.1, 0.15) is 0 Å². The first-order valence-corrected chi connectivity index (χ1v) is 19.3. The number of rotatable bonds is 18. The number of carbonyl (C=O) groups is 6. The molecule has 1 aliphatic rings. The van der Waals surface area contributed by atoms with Crippen molar-refractivity contribution in [3.63, 3.8) is 0 Å². The number of carboxylic acid groups (broad SMARTS) is 1. The molecule has 0 aliphatic carbocycles. The predicted molar refractivity (Wildman–Crippen MR) is 218 cm³/mol. The van der Waals surface area contributed by atoms with E-state index in [9.17, 15) is 28.8 Å². The first kappa shape index (κ1) is 71.6. The van der Waals surface area contributed by atoms with Gasteiger partial charge in [-0.25, -0.2) is 0 Å². The van der Waals surface area contributed by atoms with Crippen LogP contribution in [0, 0.1) is 5.92 Å². The van der Waals surface area contributed by atoms with Crippen LogP contribution in [0.2, 0.25) is 0 Å². The summed E-state index contributed by atoms with van der Waals surface area (Å²) in [6, 6.07) is 0.120. The molecule has 1 heterocycles. The molecule has 9 N–H and O–H groups in total. The van der Waals surface area contributed by atoms with Crippen molar-refractivity contribution in [2.45, 2.75) is 137 Å². The van der Waals surface area contributed by atoms with Crippen molar-refractivity contribution >= 4 is 62.2 Å². The van der Waals surface area contributed by atoms with E-state index in [1.807, 2.05) is 55.4 Å². The second-order valence-corrected chi connectivity index (χ2v) is 13.0. The fourth-order valence-electron chi connectivity index (χ4n) is 3.10. The number of aliphatic carboxylic acids is 1. The number of nitrogens with one attached hydrogen (secondary N) is 4. The van der Waals surface area contributed by atoms with E-state index < -0.39 is 23.9 Å². The van der Waals surface area contributed by atoms with Gasteiger partial charge in [0, 0.05) is 62.4 Å². The predicted octanol–water partition coefficient (Wildman–Crippen LogP) is -2.13. The molecule has 5 unspecified atom stereocenters. The molecular formula is C36H74BN4NaO13S. The molecule has 0 aromatic heterocycles. The van der Waals surface area contributed by atoms with Crippen molar-refractivity contribution in [1.29, 1.82) is 0 Å². The molecule has 17 nitrogen and oxygen atoms in total. The molecule has 326 valence electrons. The van der Waals surface area contributed by atoms with Gasteiger partial charge in [-0.1, -0.05) is 62.3 Å². The molecule has 1 saturated heterocycles. The zero-order valence-electron chi connectivity index (χ0n) is 36.1. The number of ether oxygens (including phenoxy) is 1. The van der Waals surface area contributed by atoms with Crippen LogP contribution in [0.15, 0.2) is 0 Å². The molecule has 0 spiro atoms. The molecule has 1 rings (SSSR count). The third-order valence-electron chi connectivity index (χ3n) is 6.11. The summed E-state index contributed by atoms with van der Waals surface area (Å²) >= 11 is 1.75. The van der Waals surface area contributed by atoms with Crippen LogP contribution in [0.25, 0.3) is 0 Å². The third-order valence-corrected chi connectivity index (χ3v) is 7.54. The summed E-state index contributed by atoms with van der Waals surface area (Å²) < 4.78 is 4.79. The Hall–Kier alpha value is -2.10. The molecule has 20 heteroatoms. The van der Waals surface area contributed by atoms with Crippen molar-refractivity contribution in [3.05, 3.63) is 0 Å². The largest absolute Gasteiger partial charge is 1.00 e. The maximum atomic E-state index is 11.4. The summed E-state index contributed by atoms with van der Waals surface area (Å²) in [6.07, 6.45) is 1.82. The van der Waals surface area contributed by atoms with Crippen LogP contribution >= 0.6 is 11.8 Å². The van der Waals surface area contributed by atoms with Crippen LogP contribution in [0.1, 0.15) is 108 Å². The first-order valence-electron chi connectivity index (χ1n) is 18.4. The molecule has 5 atom stereocenters. The summed E-state index contributed by atoms with van der Waals surface area (Å²) in [6.45, 7) is 24.5. The topological polar surface area (TPSA) is 278 Å². The van der Waals surface area contributed by atoms with E-state index in [-0.39, 0.29) is 110 Å². The quantitative estimate of drug-likeness (QED) is 0.0406. The molecule has 0 bridgehead atoms. The Morgan fingerprint density at radius 2 is 1.30 bits per heavy atom. The number of hydrogen-bond donors (Lipinski definition) is 9. The van der Waals surface area contributed by atoms with Gasteiger partial charge in [-0.15, -0.1) is 0 Å². The Balaban J connectivity index is -0.0000000876. The van der Waals surface area contributed by atoms with Crippen molar-refractivity contribution in [1.82, 2.24) is 21.3 Å². The van der Waals surface area contributed by atoms with Crippen LogP contribution < -0.4 is 50.8 Å². The Morgan fingerprint density at radius 1 is 0.839 bits per heavy atom. The van der Waals surface area contributed by atoms with Crippen LogP contribution in [-0.2, 0) is 38.3 Å². The second-order valence-electron chi connectivity index (χ2n) is 11.1. The van der Waals surface area contributed by atoms with Crippen LogP contribution in [0.4, 0.5) is 0 Å². The molecule has 0 aromatic rings. The molecule has 56 heavy (non-hydrogen) atoms.